The minimum atomic E-state index is -3.84. The number of amides is 1. The molecule has 9 heteroatoms. The van der Waals surface area contributed by atoms with Crippen molar-refractivity contribution >= 4 is 39.1 Å². The molecule has 38 heavy (non-hydrogen) atoms. The maximum Gasteiger partial charge on any atom is 0.410 e. The highest BCUT2D eigenvalue weighted by Gasteiger charge is 2.26. The zero-order valence-electron chi connectivity index (χ0n) is 22.4. The summed E-state index contributed by atoms with van der Waals surface area (Å²) in [7, 11) is -0.0793. The second-order valence-electron chi connectivity index (χ2n) is 10.6. The number of carbonyl (C=O) groups excluding carboxylic acids is 1. The van der Waals surface area contributed by atoms with Crippen molar-refractivity contribution in [1.82, 2.24) is 4.90 Å². The first-order valence-corrected chi connectivity index (χ1v) is 14.4. The van der Waals surface area contributed by atoms with Crippen LogP contribution >= 0.6 is 11.6 Å². The van der Waals surface area contributed by atoms with Gasteiger partial charge in [-0.25, -0.2) is 13.2 Å². The third-order valence-corrected chi connectivity index (χ3v) is 7.97. The number of hydrogen-bond donors (Lipinski definition) is 1. The number of halogens is 1. The average molecular weight is 556 g/mol. The predicted molar refractivity (Wildman–Crippen MR) is 154 cm³/mol. The van der Waals surface area contributed by atoms with Crippen molar-refractivity contribution in [2.24, 2.45) is 0 Å². The molecule has 0 saturated heterocycles. The number of carbonyl (C=O) groups is 1. The van der Waals surface area contributed by atoms with E-state index in [2.05, 4.69) is 4.72 Å². The molecule has 4 rings (SSSR count). The molecule has 1 aliphatic rings. The standard InChI is InChI=1S/C29H34ClN3O4S/c1-29(2,3)37-28(34)33-16-14-22-18-26(27(32(4)5)19-23(22)15-17-33)31-38(35,36)25-12-8-21(9-13-25)20-6-10-24(30)11-7-20/h6-13,18-19,31H,14-17H2,1-5H3. The lowest BCUT2D eigenvalue weighted by molar-refractivity contribution is 0.0258. The van der Waals surface area contributed by atoms with Crippen LogP contribution in [0.4, 0.5) is 16.2 Å². The molecule has 0 bridgehead atoms. The molecule has 0 atom stereocenters. The van der Waals surface area contributed by atoms with Gasteiger partial charge in [0.15, 0.2) is 0 Å². The summed E-state index contributed by atoms with van der Waals surface area (Å²) in [6.45, 7) is 6.60. The van der Waals surface area contributed by atoms with E-state index in [0.717, 1.165) is 27.9 Å². The number of anilines is 2. The van der Waals surface area contributed by atoms with Gasteiger partial charge in [0.2, 0.25) is 0 Å². The highest BCUT2D eigenvalue weighted by atomic mass is 35.5. The Kier molecular flexibility index (Phi) is 7.95. The molecule has 1 amide bonds. The molecule has 0 spiro atoms. The molecular weight excluding hydrogens is 522 g/mol. The molecule has 3 aromatic rings. The molecule has 0 aromatic heterocycles. The van der Waals surface area contributed by atoms with Gasteiger partial charge in [0.1, 0.15) is 5.60 Å². The molecule has 202 valence electrons. The van der Waals surface area contributed by atoms with Gasteiger partial charge in [0.25, 0.3) is 10.0 Å². The van der Waals surface area contributed by atoms with Gasteiger partial charge in [-0.3, -0.25) is 4.72 Å². The fourth-order valence-corrected chi connectivity index (χ4v) is 5.59. The summed E-state index contributed by atoms with van der Waals surface area (Å²) in [4.78, 5) is 16.4. The van der Waals surface area contributed by atoms with Gasteiger partial charge in [0.05, 0.1) is 16.3 Å². The highest BCUT2D eigenvalue weighted by molar-refractivity contribution is 7.92. The number of nitrogens with zero attached hydrogens (tertiary/aromatic N) is 2. The number of fused-ring (bicyclic) bond motifs is 1. The Hall–Kier alpha value is -3.23. The minimum Gasteiger partial charge on any atom is -0.444 e. The van der Waals surface area contributed by atoms with Gasteiger partial charge in [-0.1, -0.05) is 35.9 Å². The highest BCUT2D eigenvalue weighted by Crippen LogP contribution is 2.33. The van der Waals surface area contributed by atoms with Crippen LogP contribution in [0.5, 0.6) is 0 Å². The number of rotatable bonds is 5. The van der Waals surface area contributed by atoms with E-state index < -0.39 is 15.6 Å². The van der Waals surface area contributed by atoms with Crippen molar-refractivity contribution < 1.29 is 17.9 Å². The molecule has 0 aliphatic carbocycles. The maximum absolute atomic E-state index is 13.4. The van der Waals surface area contributed by atoms with Crippen molar-refractivity contribution in [3.8, 4) is 11.1 Å². The van der Waals surface area contributed by atoms with Gasteiger partial charge >= 0.3 is 6.09 Å². The molecule has 0 radical (unpaired) electrons. The number of sulfonamides is 1. The summed E-state index contributed by atoms with van der Waals surface area (Å²) in [5.41, 5.74) is 4.65. The van der Waals surface area contributed by atoms with E-state index in [9.17, 15) is 13.2 Å². The van der Waals surface area contributed by atoms with Gasteiger partial charge in [0, 0.05) is 32.2 Å². The van der Waals surface area contributed by atoms with Crippen molar-refractivity contribution in [2.75, 3.05) is 36.8 Å². The summed E-state index contributed by atoms with van der Waals surface area (Å²) in [6.07, 6.45) is 0.933. The fourth-order valence-electron chi connectivity index (χ4n) is 4.40. The normalized spacial score (nSPS) is 13.9. The number of ether oxygens (including phenoxy) is 1. The van der Waals surface area contributed by atoms with Crippen LogP contribution in [0.3, 0.4) is 0 Å². The summed E-state index contributed by atoms with van der Waals surface area (Å²) in [5, 5.41) is 0.646. The molecule has 1 N–H and O–H groups in total. The summed E-state index contributed by atoms with van der Waals surface area (Å²) < 4.78 is 35.1. The Labute approximate surface area is 230 Å². The number of nitrogens with one attached hydrogen (secondary N) is 1. The molecule has 7 nitrogen and oxygen atoms in total. The van der Waals surface area contributed by atoms with Crippen LogP contribution in [0.25, 0.3) is 11.1 Å². The summed E-state index contributed by atoms with van der Waals surface area (Å²) in [6, 6.07) is 18.1. The lowest BCUT2D eigenvalue weighted by Crippen LogP contribution is -2.38. The molecule has 0 saturated carbocycles. The fraction of sp³-hybridized carbons (Fsp3) is 0.345. The molecule has 1 heterocycles. The predicted octanol–water partition coefficient (Wildman–Crippen LogP) is 6.21. The molecule has 3 aromatic carbocycles. The second-order valence-corrected chi connectivity index (χ2v) is 12.8. The monoisotopic (exact) mass is 555 g/mol. The lowest BCUT2D eigenvalue weighted by Gasteiger charge is -2.26. The Morgan fingerprint density at radius 2 is 1.45 bits per heavy atom. The van der Waals surface area contributed by atoms with E-state index >= 15 is 0 Å². The lowest BCUT2D eigenvalue weighted by atomic mass is 10.0. The van der Waals surface area contributed by atoms with Crippen LogP contribution in [0.15, 0.2) is 65.6 Å². The topological polar surface area (TPSA) is 79.0 Å². The third kappa shape index (κ3) is 6.60. The van der Waals surface area contributed by atoms with E-state index in [1.165, 1.54) is 0 Å². The van der Waals surface area contributed by atoms with E-state index in [1.807, 2.05) is 64.0 Å². The minimum absolute atomic E-state index is 0.172. The van der Waals surface area contributed by atoms with E-state index in [4.69, 9.17) is 16.3 Å². The average Bonchev–Trinajstić information content (AvgIpc) is 3.05. The van der Waals surface area contributed by atoms with Gasteiger partial charge < -0.3 is 14.5 Å². The zero-order valence-corrected chi connectivity index (χ0v) is 24.0. The first-order chi connectivity index (χ1) is 17.8. The van der Waals surface area contributed by atoms with Crippen LogP contribution in [0.1, 0.15) is 31.9 Å². The molecule has 0 fully saturated rings. The Morgan fingerprint density at radius 3 is 1.97 bits per heavy atom. The first kappa shape index (κ1) is 27.8. The third-order valence-electron chi connectivity index (χ3n) is 6.34. The van der Waals surface area contributed by atoms with Crippen molar-refractivity contribution in [3.63, 3.8) is 0 Å². The number of benzene rings is 3. The SMILES string of the molecule is CN(C)c1cc2c(cc1NS(=O)(=O)c1ccc(-c3ccc(Cl)cc3)cc1)CCN(C(=O)OC(C)(C)C)CC2. The molecule has 1 aliphatic heterocycles. The molecule has 0 unspecified atom stereocenters. The molecular formula is C29H34ClN3O4S. The Morgan fingerprint density at radius 1 is 0.921 bits per heavy atom. The van der Waals surface area contributed by atoms with Crippen LogP contribution in [-0.4, -0.2) is 52.2 Å². The zero-order chi connectivity index (χ0) is 27.7. The maximum atomic E-state index is 13.4. The van der Waals surface area contributed by atoms with Crippen LogP contribution in [0.2, 0.25) is 5.02 Å². The smallest absolute Gasteiger partial charge is 0.410 e. The van der Waals surface area contributed by atoms with Crippen LogP contribution in [0, 0.1) is 0 Å². The quantitative estimate of drug-likeness (QED) is 0.405. The van der Waals surface area contributed by atoms with E-state index in [-0.39, 0.29) is 11.0 Å². The van der Waals surface area contributed by atoms with Crippen molar-refractivity contribution in [3.05, 3.63) is 76.8 Å². The van der Waals surface area contributed by atoms with Crippen molar-refractivity contribution in [1.29, 1.82) is 0 Å². The van der Waals surface area contributed by atoms with E-state index in [1.54, 1.807) is 41.3 Å². The van der Waals surface area contributed by atoms with Gasteiger partial charge in [-0.15, -0.1) is 0 Å². The van der Waals surface area contributed by atoms with Gasteiger partial charge in [-0.2, -0.15) is 0 Å². The summed E-state index contributed by atoms with van der Waals surface area (Å²) >= 11 is 5.98. The Balaban J connectivity index is 1.57. The van der Waals surface area contributed by atoms with Crippen LogP contribution < -0.4 is 9.62 Å². The summed E-state index contributed by atoms with van der Waals surface area (Å²) in [5.74, 6) is 0. The number of hydrogen-bond acceptors (Lipinski definition) is 5. The van der Waals surface area contributed by atoms with Crippen LogP contribution in [-0.2, 0) is 27.6 Å². The van der Waals surface area contributed by atoms with E-state index in [0.29, 0.717) is 36.6 Å². The van der Waals surface area contributed by atoms with Crippen molar-refractivity contribution in [2.45, 2.75) is 44.1 Å². The largest absolute Gasteiger partial charge is 0.444 e. The first-order valence-electron chi connectivity index (χ1n) is 12.5. The van der Waals surface area contributed by atoms with Gasteiger partial charge in [-0.05, 0) is 92.3 Å². The Bertz CT molecular complexity index is 1410. The second kappa shape index (κ2) is 10.9.